The Kier molecular flexibility index (Phi) is 6.49. The van der Waals surface area contributed by atoms with Gasteiger partial charge in [0.05, 0.1) is 12.2 Å². The largest absolute Gasteiger partial charge is 0.336 e. The van der Waals surface area contributed by atoms with E-state index in [9.17, 15) is 14.0 Å². The minimum absolute atomic E-state index is 0.0242. The number of rotatable bonds is 6. The molecule has 0 saturated carbocycles. The molecule has 0 heterocycles. The molecule has 0 aliphatic heterocycles. The smallest absolute Gasteiger partial charge is 0.244 e. The molecule has 0 fully saturated rings. The summed E-state index contributed by atoms with van der Waals surface area (Å²) in [6, 6.07) is 13.3. The number of nitrogens with one attached hydrogen (secondary N) is 1. The summed E-state index contributed by atoms with van der Waals surface area (Å²) in [5.41, 5.74) is 1.55. The van der Waals surface area contributed by atoms with Crippen LogP contribution in [0.1, 0.15) is 12.0 Å². The summed E-state index contributed by atoms with van der Waals surface area (Å²) in [6.45, 7) is -0.0242. The number of benzene rings is 2. The molecule has 4 nitrogen and oxygen atoms in total. The number of halogens is 2. The molecule has 0 atom stereocenters. The topological polar surface area (TPSA) is 49.4 Å². The summed E-state index contributed by atoms with van der Waals surface area (Å²) in [5.74, 6) is -0.702. The van der Waals surface area contributed by atoms with Crippen LogP contribution in [-0.2, 0) is 16.0 Å². The average molecular weight is 393 g/mol. The maximum Gasteiger partial charge on any atom is 0.244 e. The van der Waals surface area contributed by atoms with Crippen molar-refractivity contribution in [2.24, 2.45) is 0 Å². The number of anilines is 1. The van der Waals surface area contributed by atoms with Crippen molar-refractivity contribution < 1.29 is 14.0 Å². The van der Waals surface area contributed by atoms with Gasteiger partial charge in [-0.05, 0) is 52.2 Å². The van der Waals surface area contributed by atoms with Crippen molar-refractivity contribution >= 4 is 33.4 Å². The van der Waals surface area contributed by atoms with E-state index in [4.69, 9.17) is 0 Å². The van der Waals surface area contributed by atoms with Crippen LogP contribution in [0, 0.1) is 5.82 Å². The second-order valence-corrected chi connectivity index (χ2v) is 6.26. The highest BCUT2D eigenvalue weighted by Gasteiger charge is 2.13. The Morgan fingerprint density at radius 1 is 1.12 bits per heavy atom. The van der Waals surface area contributed by atoms with Crippen molar-refractivity contribution in [3.63, 3.8) is 0 Å². The highest BCUT2D eigenvalue weighted by Crippen LogP contribution is 2.21. The van der Waals surface area contributed by atoms with Gasteiger partial charge in [-0.1, -0.05) is 24.3 Å². The van der Waals surface area contributed by atoms with E-state index in [1.807, 2.05) is 18.2 Å². The second kappa shape index (κ2) is 8.59. The van der Waals surface area contributed by atoms with Crippen LogP contribution in [0.15, 0.2) is 53.0 Å². The summed E-state index contributed by atoms with van der Waals surface area (Å²) < 4.78 is 13.6. The van der Waals surface area contributed by atoms with Gasteiger partial charge in [0.25, 0.3) is 0 Å². The minimum atomic E-state index is -0.300. The Bertz CT molecular complexity index is 719. The Morgan fingerprint density at radius 3 is 2.46 bits per heavy atom. The number of hydrogen-bond acceptors (Lipinski definition) is 2. The molecule has 1 N–H and O–H groups in total. The van der Waals surface area contributed by atoms with Crippen LogP contribution in [0.25, 0.3) is 0 Å². The number of amides is 2. The van der Waals surface area contributed by atoms with E-state index in [2.05, 4.69) is 21.2 Å². The minimum Gasteiger partial charge on any atom is -0.336 e. The molecule has 6 heteroatoms. The van der Waals surface area contributed by atoms with E-state index in [0.29, 0.717) is 12.1 Å². The fourth-order valence-electron chi connectivity index (χ4n) is 2.15. The molecule has 0 unspecified atom stereocenters. The lowest BCUT2D eigenvalue weighted by molar-refractivity contribution is -0.133. The molecule has 2 amide bonds. The Hall–Kier alpha value is -2.21. The molecule has 24 heavy (non-hydrogen) atoms. The summed E-state index contributed by atoms with van der Waals surface area (Å²) in [4.78, 5) is 25.5. The number of carbonyl (C=O) groups is 2. The van der Waals surface area contributed by atoms with E-state index in [1.54, 1.807) is 25.2 Å². The van der Waals surface area contributed by atoms with Gasteiger partial charge < -0.3 is 10.2 Å². The first-order valence-electron chi connectivity index (χ1n) is 7.48. The van der Waals surface area contributed by atoms with Crippen LogP contribution >= 0.6 is 15.9 Å². The fourth-order valence-corrected chi connectivity index (χ4v) is 2.53. The van der Waals surface area contributed by atoms with Crippen LogP contribution in [-0.4, -0.2) is 30.3 Å². The molecule has 2 aromatic rings. The van der Waals surface area contributed by atoms with Gasteiger partial charge in [0, 0.05) is 17.9 Å². The number of aryl methyl sites for hydroxylation is 1. The predicted molar refractivity (Wildman–Crippen MR) is 95.1 cm³/mol. The third kappa shape index (κ3) is 5.45. The summed E-state index contributed by atoms with van der Waals surface area (Å²) in [6.07, 6.45) is 0.778. The van der Waals surface area contributed by atoms with Gasteiger partial charge in [-0.15, -0.1) is 0 Å². The van der Waals surface area contributed by atoms with Crippen LogP contribution in [0.2, 0.25) is 0 Å². The maximum absolute atomic E-state index is 12.8. The number of hydrogen-bond donors (Lipinski definition) is 1. The first kappa shape index (κ1) is 18.1. The van der Waals surface area contributed by atoms with E-state index < -0.39 is 0 Å². The molecule has 0 bridgehead atoms. The van der Waals surface area contributed by atoms with Crippen molar-refractivity contribution in [1.82, 2.24) is 4.90 Å². The van der Waals surface area contributed by atoms with Crippen LogP contribution < -0.4 is 5.32 Å². The molecule has 126 valence electrons. The number of likely N-dealkylation sites (N-methyl/N-ethyl adjacent to an activating group) is 1. The predicted octanol–water partition coefficient (Wildman–Crippen LogP) is 3.62. The highest BCUT2D eigenvalue weighted by molar-refractivity contribution is 9.10. The monoisotopic (exact) mass is 392 g/mol. The summed E-state index contributed by atoms with van der Waals surface area (Å²) in [7, 11) is 1.59. The first-order valence-corrected chi connectivity index (χ1v) is 8.28. The van der Waals surface area contributed by atoms with E-state index in [0.717, 1.165) is 10.0 Å². The molecule has 0 saturated heterocycles. The average Bonchev–Trinajstić information content (AvgIpc) is 2.56. The van der Waals surface area contributed by atoms with Gasteiger partial charge in [0.2, 0.25) is 11.8 Å². The molecule has 2 aromatic carbocycles. The van der Waals surface area contributed by atoms with Gasteiger partial charge in [-0.2, -0.15) is 0 Å². The Balaban J connectivity index is 1.81. The zero-order valence-corrected chi connectivity index (χ0v) is 14.8. The summed E-state index contributed by atoms with van der Waals surface area (Å²) in [5, 5.41) is 2.75. The SMILES string of the molecule is CN(CC(=O)Nc1ccccc1Br)C(=O)CCc1ccc(F)cc1. The fraction of sp³-hybridized carbons (Fsp3) is 0.222. The van der Waals surface area contributed by atoms with E-state index in [-0.39, 0.29) is 30.6 Å². The van der Waals surface area contributed by atoms with E-state index in [1.165, 1.54) is 17.0 Å². The highest BCUT2D eigenvalue weighted by atomic mass is 79.9. The lowest BCUT2D eigenvalue weighted by Gasteiger charge is -2.17. The van der Waals surface area contributed by atoms with Crippen LogP contribution in [0.3, 0.4) is 0 Å². The zero-order valence-electron chi connectivity index (χ0n) is 13.3. The van der Waals surface area contributed by atoms with Crippen molar-refractivity contribution in [2.45, 2.75) is 12.8 Å². The normalized spacial score (nSPS) is 10.3. The van der Waals surface area contributed by atoms with E-state index >= 15 is 0 Å². The third-order valence-corrected chi connectivity index (χ3v) is 4.19. The molecule has 2 rings (SSSR count). The molecular weight excluding hydrogens is 375 g/mol. The molecule has 0 aliphatic carbocycles. The van der Waals surface area contributed by atoms with Gasteiger partial charge in [-0.3, -0.25) is 9.59 Å². The summed E-state index contributed by atoms with van der Waals surface area (Å²) >= 11 is 3.35. The zero-order chi connectivity index (χ0) is 17.5. The molecule has 0 spiro atoms. The number of nitrogens with zero attached hydrogens (tertiary/aromatic N) is 1. The number of para-hydroxylation sites is 1. The van der Waals surface area contributed by atoms with Crippen molar-refractivity contribution in [2.75, 3.05) is 18.9 Å². The van der Waals surface area contributed by atoms with Gasteiger partial charge in [0.15, 0.2) is 0 Å². The van der Waals surface area contributed by atoms with Gasteiger partial charge >= 0.3 is 0 Å². The van der Waals surface area contributed by atoms with Gasteiger partial charge in [-0.25, -0.2) is 4.39 Å². The lowest BCUT2D eigenvalue weighted by atomic mass is 10.1. The molecule has 0 aliphatic rings. The van der Waals surface area contributed by atoms with Crippen molar-refractivity contribution in [3.8, 4) is 0 Å². The second-order valence-electron chi connectivity index (χ2n) is 5.40. The third-order valence-electron chi connectivity index (χ3n) is 3.50. The van der Waals surface area contributed by atoms with Gasteiger partial charge in [0.1, 0.15) is 5.82 Å². The quantitative estimate of drug-likeness (QED) is 0.815. The first-order chi connectivity index (χ1) is 11.5. The van der Waals surface area contributed by atoms with Crippen LogP contribution in [0.5, 0.6) is 0 Å². The molecular formula is C18H18BrFN2O2. The number of carbonyl (C=O) groups excluding carboxylic acids is 2. The molecule has 0 radical (unpaired) electrons. The Morgan fingerprint density at radius 2 is 1.79 bits per heavy atom. The Labute approximate surface area is 148 Å². The maximum atomic E-state index is 12.8. The molecule has 0 aromatic heterocycles. The van der Waals surface area contributed by atoms with Crippen LogP contribution in [0.4, 0.5) is 10.1 Å². The van der Waals surface area contributed by atoms with Crippen molar-refractivity contribution in [1.29, 1.82) is 0 Å². The van der Waals surface area contributed by atoms with Crippen molar-refractivity contribution in [3.05, 3.63) is 64.4 Å². The lowest BCUT2D eigenvalue weighted by Crippen LogP contribution is -2.35. The standard InChI is InChI=1S/C18H18BrFN2O2/c1-22(12-17(23)21-16-5-3-2-4-15(16)19)18(24)11-8-13-6-9-14(20)10-7-13/h2-7,9-10H,8,11-12H2,1H3,(H,21,23).